The summed E-state index contributed by atoms with van der Waals surface area (Å²) < 4.78 is 82.0. The van der Waals surface area contributed by atoms with E-state index >= 15 is 0 Å². The number of alkyl halides is 5. The lowest BCUT2D eigenvalue weighted by Crippen LogP contribution is -2.36. The Bertz CT molecular complexity index is 1020. The van der Waals surface area contributed by atoms with Crippen LogP contribution in [0.2, 0.25) is 0 Å². The number of benzene rings is 2. The fourth-order valence-corrected chi connectivity index (χ4v) is 2.71. The number of hydrogen-bond donors (Lipinski definition) is 2. The van der Waals surface area contributed by atoms with Crippen LogP contribution in [0.25, 0.3) is 11.1 Å². The second-order valence-corrected chi connectivity index (χ2v) is 6.11. The summed E-state index contributed by atoms with van der Waals surface area (Å²) in [6.07, 6.45) is -2.00. The summed E-state index contributed by atoms with van der Waals surface area (Å²) in [7, 11) is 0. The standard InChI is InChI=1S/C19H13F6N3O/c20-16-7-11(12-8-27-28-9-12)5-6-15(16)18(21,22)10-26-17(29)13-3-1-2-4-14(13)19(23,24)25/h1-9H,10H2,(H,26,29)(H,27,28). The van der Waals surface area contributed by atoms with E-state index < -0.39 is 47.1 Å². The number of halogens is 6. The van der Waals surface area contributed by atoms with Crippen LogP contribution in [0, 0.1) is 5.82 Å². The monoisotopic (exact) mass is 413 g/mol. The first kappa shape index (κ1) is 20.4. The van der Waals surface area contributed by atoms with E-state index in [0.29, 0.717) is 17.2 Å². The number of H-pyrrole nitrogens is 1. The van der Waals surface area contributed by atoms with Crippen molar-refractivity contribution in [1.82, 2.24) is 15.5 Å². The maximum absolute atomic E-state index is 14.4. The van der Waals surface area contributed by atoms with E-state index in [4.69, 9.17) is 0 Å². The summed E-state index contributed by atoms with van der Waals surface area (Å²) in [4.78, 5) is 12.0. The molecule has 0 bridgehead atoms. The van der Waals surface area contributed by atoms with Crippen molar-refractivity contribution in [2.24, 2.45) is 0 Å². The Morgan fingerprint density at radius 2 is 1.72 bits per heavy atom. The van der Waals surface area contributed by atoms with Crippen LogP contribution in [0.3, 0.4) is 0 Å². The van der Waals surface area contributed by atoms with Crippen LogP contribution in [-0.2, 0) is 12.1 Å². The number of amides is 1. The first-order valence-corrected chi connectivity index (χ1v) is 8.21. The van der Waals surface area contributed by atoms with Crippen molar-refractivity contribution in [2.75, 3.05) is 6.54 Å². The van der Waals surface area contributed by atoms with Gasteiger partial charge in [0, 0.05) is 11.8 Å². The van der Waals surface area contributed by atoms with E-state index in [9.17, 15) is 31.1 Å². The third-order valence-corrected chi connectivity index (χ3v) is 4.14. The van der Waals surface area contributed by atoms with Gasteiger partial charge in [-0.3, -0.25) is 9.89 Å². The van der Waals surface area contributed by atoms with Crippen LogP contribution in [0.1, 0.15) is 21.5 Å². The predicted molar refractivity (Wildman–Crippen MR) is 91.7 cm³/mol. The van der Waals surface area contributed by atoms with Gasteiger partial charge in [-0.2, -0.15) is 27.1 Å². The number of aromatic nitrogens is 2. The summed E-state index contributed by atoms with van der Waals surface area (Å²) in [6.45, 7) is -1.37. The average Bonchev–Trinajstić information content (AvgIpc) is 3.20. The molecule has 0 unspecified atom stereocenters. The zero-order valence-electron chi connectivity index (χ0n) is 14.5. The van der Waals surface area contributed by atoms with Crippen molar-refractivity contribution in [3.63, 3.8) is 0 Å². The van der Waals surface area contributed by atoms with Gasteiger partial charge in [0.2, 0.25) is 0 Å². The van der Waals surface area contributed by atoms with Gasteiger partial charge >= 0.3 is 6.18 Å². The summed E-state index contributed by atoms with van der Waals surface area (Å²) in [5.74, 6) is -6.41. The number of aromatic amines is 1. The molecule has 2 aromatic carbocycles. The molecule has 0 aliphatic heterocycles. The molecule has 0 saturated carbocycles. The highest BCUT2D eigenvalue weighted by molar-refractivity contribution is 5.95. The zero-order chi connectivity index (χ0) is 21.2. The normalized spacial score (nSPS) is 12.1. The number of hydrogen-bond acceptors (Lipinski definition) is 2. The fraction of sp³-hybridized carbons (Fsp3) is 0.158. The van der Waals surface area contributed by atoms with Gasteiger partial charge < -0.3 is 5.32 Å². The smallest absolute Gasteiger partial charge is 0.346 e. The molecule has 1 aromatic heterocycles. The van der Waals surface area contributed by atoms with Crippen LogP contribution < -0.4 is 5.32 Å². The van der Waals surface area contributed by atoms with Gasteiger partial charge in [0.15, 0.2) is 0 Å². The molecule has 0 aliphatic rings. The molecule has 10 heteroatoms. The van der Waals surface area contributed by atoms with Crippen molar-refractivity contribution in [1.29, 1.82) is 0 Å². The first-order chi connectivity index (χ1) is 13.6. The zero-order valence-corrected chi connectivity index (χ0v) is 14.5. The minimum atomic E-state index is -4.83. The van der Waals surface area contributed by atoms with Crippen LogP contribution >= 0.6 is 0 Å². The Hall–Kier alpha value is -3.30. The van der Waals surface area contributed by atoms with E-state index in [2.05, 4.69) is 10.2 Å². The molecule has 0 spiro atoms. The summed E-state index contributed by atoms with van der Waals surface area (Å²) >= 11 is 0. The highest BCUT2D eigenvalue weighted by Crippen LogP contribution is 2.33. The van der Waals surface area contributed by atoms with E-state index in [1.54, 1.807) is 5.32 Å². The van der Waals surface area contributed by atoms with Gasteiger partial charge in [0.05, 0.1) is 29.4 Å². The van der Waals surface area contributed by atoms with Crippen molar-refractivity contribution in [3.8, 4) is 11.1 Å². The predicted octanol–water partition coefficient (Wildman–Crippen LogP) is 4.76. The molecular weight excluding hydrogens is 400 g/mol. The van der Waals surface area contributed by atoms with Crippen LogP contribution in [0.15, 0.2) is 54.9 Å². The SMILES string of the molecule is O=C(NCC(F)(F)c1ccc(-c2cn[nH]c2)cc1F)c1ccccc1C(F)(F)F. The largest absolute Gasteiger partial charge is 0.417 e. The molecule has 0 fully saturated rings. The lowest BCUT2D eigenvalue weighted by Gasteiger charge is -2.19. The molecule has 152 valence electrons. The van der Waals surface area contributed by atoms with Gasteiger partial charge in [0.25, 0.3) is 11.8 Å². The number of rotatable bonds is 5. The first-order valence-electron chi connectivity index (χ1n) is 8.21. The fourth-order valence-electron chi connectivity index (χ4n) is 2.71. The molecular formula is C19H13F6N3O. The molecule has 0 saturated heterocycles. The second kappa shape index (κ2) is 7.61. The van der Waals surface area contributed by atoms with Crippen molar-refractivity contribution in [2.45, 2.75) is 12.1 Å². The highest BCUT2D eigenvalue weighted by Gasteiger charge is 2.37. The Balaban J connectivity index is 1.78. The van der Waals surface area contributed by atoms with Gasteiger partial charge in [-0.25, -0.2) is 4.39 Å². The van der Waals surface area contributed by atoms with E-state index in [1.807, 2.05) is 0 Å². The lowest BCUT2D eigenvalue weighted by atomic mass is 10.0. The Morgan fingerprint density at radius 1 is 1.00 bits per heavy atom. The van der Waals surface area contributed by atoms with Gasteiger partial charge in [-0.15, -0.1) is 0 Å². The van der Waals surface area contributed by atoms with Crippen LogP contribution in [0.5, 0.6) is 0 Å². The molecule has 0 aliphatic carbocycles. The molecule has 29 heavy (non-hydrogen) atoms. The third-order valence-electron chi connectivity index (χ3n) is 4.14. The maximum atomic E-state index is 14.4. The highest BCUT2D eigenvalue weighted by atomic mass is 19.4. The molecule has 2 N–H and O–H groups in total. The number of carbonyl (C=O) groups excluding carboxylic acids is 1. The summed E-state index contributed by atoms with van der Waals surface area (Å²) in [5, 5.41) is 7.93. The quantitative estimate of drug-likeness (QED) is 0.593. The summed E-state index contributed by atoms with van der Waals surface area (Å²) in [5.41, 5.74) is -2.26. The van der Waals surface area contributed by atoms with Gasteiger partial charge in [0.1, 0.15) is 5.82 Å². The molecule has 3 aromatic rings. The number of nitrogens with zero attached hydrogens (tertiary/aromatic N) is 1. The minimum Gasteiger partial charge on any atom is -0.346 e. The van der Waals surface area contributed by atoms with Crippen LogP contribution in [-0.4, -0.2) is 22.6 Å². The van der Waals surface area contributed by atoms with Crippen molar-refractivity contribution < 1.29 is 31.1 Å². The topological polar surface area (TPSA) is 57.8 Å². The third kappa shape index (κ3) is 4.41. The number of carbonyl (C=O) groups is 1. The number of nitrogens with one attached hydrogen (secondary N) is 2. The maximum Gasteiger partial charge on any atom is 0.417 e. The minimum absolute atomic E-state index is 0.305. The Labute approximate surface area is 160 Å². The molecule has 1 heterocycles. The van der Waals surface area contributed by atoms with Crippen molar-refractivity contribution in [3.05, 3.63) is 77.4 Å². The average molecular weight is 413 g/mol. The molecule has 0 atom stereocenters. The van der Waals surface area contributed by atoms with E-state index in [1.165, 1.54) is 24.5 Å². The molecule has 3 rings (SSSR count). The molecule has 4 nitrogen and oxygen atoms in total. The molecule has 0 radical (unpaired) electrons. The Kier molecular flexibility index (Phi) is 5.36. The second-order valence-electron chi connectivity index (χ2n) is 6.11. The van der Waals surface area contributed by atoms with Crippen LogP contribution in [0.4, 0.5) is 26.3 Å². The van der Waals surface area contributed by atoms with Gasteiger partial charge in [-0.1, -0.05) is 18.2 Å². The van der Waals surface area contributed by atoms with E-state index in [0.717, 1.165) is 24.3 Å². The lowest BCUT2D eigenvalue weighted by molar-refractivity contribution is -0.137. The van der Waals surface area contributed by atoms with Gasteiger partial charge in [-0.05, 0) is 29.8 Å². The molecule has 1 amide bonds. The van der Waals surface area contributed by atoms with Crippen molar-refractivity contribution >= 4 is 5.91 Å². The Morgan fingerprint density at radius 3 is 2.34 bits per heavy atom. The van der Waals surface area contributed by atoms with E-state index in [-0.39, 0.29) is 0 Å². The summed E-state index contributed by atoms with van der Waals surface area (Å²) in [6, 6.07) is 6.78.